The van der Waals surface area contributed by atoms with Crippen molar-refractivity contribution in [3.05, 3.63) is 34.5 Å². The molecule has 0 unspecified atom stereocenters. The Balaban J connectivity index is 1.70. The zero-order valence-electron chi connectivity index (χ0n) is 13.9. The molecule has 24 heavy (non-hydrogen) atoms. The molecule has 0 aromatic carbocycles. The van der Waals surface area contributed by atoms with Gasteiger partial charge in [-0.25, -0.2) is 8.42 Å². The Labute approximate surface area is 147 Å². The van der Waals surface area contributed by atoms with Crippen LogP contribution in [0.25, 0.3) is 0 Å². The Morgan fingerprint density at radius 1 is 1.29 bits per heavy atom. The maximum Gasteiger partial charge on any atom is 0.253 e. The molecule has 0 radical (unpaired) electrons. The second-order valence-electron chi connectivity index (χ2n) is 6.77. The van der Waals surface area contributed by atoms with Gasteiger partial charge in [0.25, 0.3) is 10.0 Å². The molecule has 0 amide bonds. The minimum Gasteiger partial charge on any atom is -0.272 e. The lowest BCUT2D eigenvalue weighted by atomic mass is 10.2. The zero-order valence-corrected chi connectivity index (χ0v) is 15.6. The van der Waals surface area contributed by atoms with Gasteiger partial charge in [-0.05, 0) is 49.1 Å². The van der Waals surface area contributed by atoms with Crippen molar-refractivity contribution in [1.82, 2.24) is 14.1 Å². The first kappa shape index (κ1) is 16.3. The van der Waals surface area contributed by atoms with E-state index in [1.54, 1.807) is 10.4 Å². The van der Waals surface area contributed by atoms with Crippen LogP contribution < -0.4 is 0 Å². The van der Waals surface area contributed by atoms with Gasteiger partial charge in [0.2, 0.25) is 0 Å². The maximum atomic E-state index is 13.2. The van der Waals surface area contributed by atoms with E-state index in [1.165, 1.54) is 22.6 Å². The van der Waals surface area contributed by atoms with Gasteiger partial charge in [-0.1, -0.05) is 18.9 Å². The lowest BCUT2D eigenvalue weighted by Gasteiger charge is -2.27. The molecule has 0 atom stereocenters. The molecule has 4 rings (SSSR count). The lowest BCUT2D eigenvalue weighted by molar-refractivity contribution is 0.312. The van der Waals surface area contributed by atoms with Crippen LogP contribution in [0.4, 0.5) is 0 Å². The highest BCUT2D eigenvalue weighted by atomic mass is 32.2. The first-order valence-electron chi connectivity index (χ1n) is 8.66. The maximum absolute atomic E-state index is 13.2. The van der Waals surface area contributed by atoms with Crippen LogP contribution >= 0.6 is 11.3 Å². The molecule has 0 saturated heterocycles. The highest BCUT2D eigenvalue weighted by Crippen LogP contribution is 2.33. The Morgan fingerprint density at radius 3 is 2.79 bits per heavy atom. The van der Waals surface area contributed by atoms with Crippen molar-refractivity contribution < 1.29 is 8.42 Å². The molecule has 5 nitrogen and oxygen atoms in total. The molecule has 2 heterocycles. The fourth-order valence-corrected chi connectivity index (χ4v) is 6.87. The van der Waals surface area contributed by atoms with E-state index in [9.17, 15) is 8.42 Å². The minimum atomic E-state index is -3.44. The number of fused-ring (bicyclic) bond motifs is 1. The van der Waals surface area contributed by atoms with E-state index >= 15 is 0 Å². The number of thiophene rings is 1. The molecule has 2 aromatic heterocycles. The first-order chi connectivity index (χ1) is 11.6. The van der Waals surface area contributed by atoms with Crippen LogP contribution in [-0.2, 0) is 36.5 Å². The van der Waals surface area contributed by atoms with Crippen molar-refractivity contribution in [1.29, 1.82) is 0 Å². The van der Waals surface area contributed by atoms with E-state index in [-0.39, 0.29) is 6.04 Å². The monoisotopic (exact) mass is 365 g/mol. The van der Waals surface area contributed by atoms with E-state index in [0.29, 0.717) is 10.8 Å². The quantitative estimate of drug-likeness (QED) is 0.818. The fraction of sp³-hybridized carbons (Fsp3) is 0.588. The second-order valence-corrected chi connectivity index (χ2v) is 9.83. The Bertz CT molecular complexity index is 818. The van der Waals surface area contributed by atoms with E-state index < -0.39 is 10.0 Å². The summed E-state index contributed by atoms with van der Waals surface area (Å²) in [6, 6.07) is 3.63. The van der Waals surface area contributed by atoms with E-state index in [1.807, 2.05) is 23.2 Å². The Morgan fingerprint density at radius 2 is 2.08 bits per heavy atom. The number of hydrogen-bond acceptors (Lipinski definition) is 4. The molecule has 0 N–H and O–H groups in total. The van der Waals surface area contributed by atoms with Crippen molar-refractivity contribution >= 4 is 21.4 Å². The van der Waals surface area contributed by atoms with Crippen LogP contribution in [0.2, 0.25) is 0 Å². The molecular formula is C17H23N3O2S2. The molecule has 1 saturated carbocycles. The average molecular weight is 366 g/mol. The van der Waals surface area contributed by atoms with Gasteiger partial charge < -0.3 is 0 Å². The van der Waals surface area contributed by atoms with Gasteiger partial charge in [-0.2, -0.15) is 9.40 Å². The van der Waals surface area contributed by atoms with Gasteiger partial charge in [0.05, 0.1) is 12.2 Å². The molecule has 0 bridgehead atoms. The third kappa shape index (κ3) is 2.72. The summed E-state index contributed by atoms with van der Waals surface area (Å²) in [4.78, 5) is 0. The number of aromatic nitrogens is 2. The van der Waals surface area contributed by atoms with Crippen molar-refractivity contribution in [2.24, 2.45) is 7.05 Å². The SMILES string of the molecule is Cn1nc(CN(C2CCCC2)S(=O)(=O)c2cccs2)c2c1CCC2. The molecule has 7 heteroatoms. The van der Waals surface area contributed by atoms with Crippen LogP contribution in [0.1, 0.15) is 49.1 Å². The van der Waals surface area contributed by atoms with Crippen LogP contribution in [0.15, 0.2) is 21.7 Å². The molecule has 0 spiro atoms. The first-order valence-corrected chi connectivity index (χ1v) is 11.0. The van der Waals surface area contributed by atoms with Crippen LogP contribution in [-0.4, -0.2) is 28.5 Å². The largest absolute Gasteiger partial charge is 0.272 e. The van der Waals surface area contributed by atoms with Crippen molar-refractivity contribution in [2.75, 3.05) is 0 Å². The van der Waals surface area contributed by atoms with Crippen LogP contribution in [0.5, 0.6) is 0 Å². The summed E-state index contributed by atoms with van der Waals surface area (Å²) in [5.41, 5.74) is 3.52. The van der Waals surface area contributed by atoms with Crippen molar-refractivity contribution in [3.63, 3.8) is 0 Å². The van der Waals surface area contributed by atoms with Crippen LogP contribution in [0, 0.1) is 0 Å². The van der Waals surface area contributed by atoms with Crippen molar-refractivity contribution in [3.8, 4) is 0 Å². The smallest absolute Gasteiger partial charge is 0.253 e. The summed E-state index contributed by atoms with van der Waals surface area (Å²) in [6.45, 7) is 0.411. The molecule has 0 aliphatic heterocycles. The summed E-state index contributed by atoms with van der Waals surface area (Å²) in [5, 5.41) is 6.48. The number of aryl methyl sites for hydroxylation is 1. The fourth-order valence-electron chi connectivity index (χ4n) is 4.10. The lowest BCUT2D eigenvalue weighted by Crippen LogP contribution is -2.38. The third-order valence-electron chi connectivity index (χ3n) is 5.29. The van der Waals surface area contributed by atoms with Gasteiger partial charge in [0.15, 0.2) is 0 Å². The molecule has 130 valence electrons. The van der Waals surface area contributed by atoms with Gasteiger partial charge in [0.1, 0.15) is 4.21 Å². The summed E-state index contributed by atoms with van der Waals surface area (Å²) in [7, 11) is -1.47. The van der Waals surface area contributed by atoms with Gasteiger partial charge in [-0.15, -0.1) is 11.3 Å². The standard InChI is InChI=1S/C17H23N3O2S2/c1-19-16-9-4-8-14(16)15(18-19)12-20(13-6-2-3-7-13)24(21,22)17-10-5-11-23-17/h5,10-11,13H,2-4,6-9,12H2,1H3. The number of nitrogens with zero attached hydrogens (tertiary/aromatic N) is 3. The third-order valence-corrected chi connectivity index (χ3v) is 8.57. The highest BCUT2D eigenvalue weighted by molar-refractivity contribution is 7.91. The average Bonchev–Trinajstić information content (AvgIpc) is 3.33. The van der Waals surface area contributed by atoms with Gasteiger partial charge in [-0.3, -0.25) is 4.68 Å². The topological polar surface area (TPSA) is 55.2 Å². The van der Waals surface area contributed by atoms with E-state index in [4.69, 9.17) is 0 Å². The normalized spacial score (nSPS) is 18.6. The summed E-state index contributed by atoms with van der Waals surface area (Å²) < 4.78 is 30.5. The summed E-state index contributed by atoms with van der Waals surface area (Å²) >= 11 is 1.30. The predicted molar refractivity (Wildman–Crippen MR) is 94.5 cm³/mol. The number of hydrogen-bond donors (Lipinski definition) is 0. The summed E-state index contributed by atoms with van der Waals surface area (Å²) in [6.07, 6.45) is 7.37. The van der Waals surface area contributed by atoms with Crippen molar-refractivity contribution in [2.45, 2.75) is 61.7 Å². The highest BCUT2D eigenvalue weighted by Gasteiger charge is 2.35. The molecule has 2 aliphatic rings. The molecule has 1 fully saturated rings. The Kier molecular flexibility index (Phi) is 4.26. The van der Waals surface area contributed by atoms with E-state index in [2.05, 4.69) is 5.10 Å². The van der Waals surface area contributed by atoms with Gasteiger partial charge >= 0.3 is 0 Å². The predicted octanol–water partition coefficient (Wildman–Crippen LogP) is 3.10. The molecule has 2 aliphatic carbocycles. The minimum absolute atomic E-state index is 0.108. The van der Waals surface area contributed by atoms with Crippen LogP contribution in [0.3, 0.4) is 0 Å². The Hall–Kier alpha value is -1.18. The molecule has 2 aromatic rings. The molecular weight excluding hydrogens is 342 g/mol. The number of rotatable bonds is 5. The zero-order chi connectivity index (χ0) is 16.7. The second kappa shape index (κ2) is 6.28. The van der Waals surface area contributed by atoms with E-state index in [0.717, 1.165) is 50.6 Å². The van der Waals surface area contributed by atoms with Gasteiger partial charge in [0, 0.05) is 18.8 Å². The number of sulfonamides is 1. The summed E-state index contributed by atoms with van der Waals surface area (Å²) in [5.74, 6) is 0.